The number of nitrogens with zero attached hydrogens (tertiary/aromatic N) is 1. The molecular weight excluding hydrogens is 188 g/mol. The third-order valence-corrected chi connectivity index (χ3v) is 3.60. The molecule has 1 unspecified atom stereocenters. The first kappa shape index (κ1) is 10.5. The van der Waals surface area contributed by atoms with Crippen LogP contribution < -0.4 is 9.80 Å². The standard InChI is InChI=1S/C12H19N2O/c1-3-14(4-2)11-8-6-5-7-10(11)13-12(14)9-15/h5-8,12-13,15H,3-4,9H2,1-2H3/q+1. The van der Waals surface area contributed by atoms with Crippen molar-refractivity contribution in [1.29, 1.82) is 0 Å². The summed E-state index contributed by atoms with van der Waals surface area (Å²) in [5, 5.41) is 12.9. The van der Waals surface area contributed by atoms with Gasteiger partial charge in [-0.3, -0.25) is 4.48 Å². The molecule has 3 nitrogen and oxygen atoms in total. The molecule has 1 aromatic carbocycles. The molecule has 0 aliphatic carbocycles. The highest BCUT2D eigenvalue weighted by Gasteiger charge is 2.43. The van der Waals surface area contributed by atoms with Crippen molar-refractivity contribution in [2.24, 2.45) is 0 Å². The van der Waals surface area contributed by atoms with E-state index in [0.29, 0.717) is 0 Å². The second-order valence-electron chi connectivity index (χ2n) is 4.03. The Morgan fingerprint density at radius 2 is 1.93 bits per heavy atom. The Bertz CT molecular complexity index is 347. The quantitative estimate of drug-likeness (QED) is 0.740. The van der Waals surface area contributed by atoms with Gasteiger partial charge < -0.3 is 10.4 Å². The van der Waals surface area contributed by atoms with Gasteiger partial charge in [0.15, 0.2) is 11.9 Å². The van der Waals surface area contributed by atoms with Crippen molar-refractivity contribution in [3.8, 4) is 0 Å². The summed E-state index contributed by atoms with van der Waals surface area (Å²) in [7, 11) is 0. The Morgan fingerprint density at radius 1 is 1.27 bits per heavy atom. The highest BCUT2D eigenvalue weighted by molar-refractivity contribution is 5.73. The predicted octanol–water partition coefficient (Wildman–Crippen LogP) is 1.78. The molecule has 2 rings (SSSR count). The zero-order valence-electron chi connectivity index (χ0n) is 9.40. The van der Waals surface area contributed by atoms with Crippen LogP contribution in [0.1, 0.15) is 13.8 Å². The van der Waals surface area contributed by atoms with Gasteiger partial charge in [-0.05, 0) is 19.9 Å². The molecule has 0 radical (unpaired) electrons. The normalized spacial score (nSPS) is 22.2. The van der Waals surface area contributed by atoms with Crippen LogP contribution in [-0.2, 0) is 0 Å². The van der Waals surface area contributed by atoms with E-state index in [1.54, 1.807) is 0 Å². The fourth-order valence-corrected chi connectivity index (χ4v) is 2.66. The van der Waals surface area contributed by atoms with Gasteiger partial charge in [-0.25, -0.2) is 0 Å². The number of hydrogen-bond donors (Lipinski definition) is 2. The van der Waals surface area contributed by atoms with Gasteiger partial charge in [0.05, 0.1) is 13.1 Å². The van der Waals surface area contributed by atoms with Crippen LogP contribution in [0.2, 0.25) is 0 Å². The first-order valence-electron chi connectivity index (χ1n) is 5.62. The molecule has 15 heavy (non-hydrogen) atoms. The number of rotatable bonds is 3. The summed E-state index contributed by atoms with van der Waals surface area (Å²) in [6.45, 7) is 6.54. The van der Waals surface area contributed by atoms with Gasteiger partial charge >= 0.3 is 0 Å². The van der Waals surface area contributed by atoms with E-state index in [9.17, 15) is 5.11 Å². The molecule has 0 saturated heterocycles. The van der Waals surface area contributed by atoms with Crippen molar-refractivity contribution in [1.82, 2.24) is 4.48 Å². The molecule has 0 bridgehead atoms. The summed E-state index contributed by atoms with van der Waals surface area (Å²) in [4.78, 5) is 0. The van der Waals surface area contributed by atoms with Crippen LogP contribution in [0.5, 0.6) is 0 Å². The SMILES string of the molecule is CC[N+]1(CC)c2ccccc2NC1CO. The molecule has 1 aliphatic rings. The molecule has 2 N–H and O–H groups in total. The van der Waals surface area contributed by atoms with Crippen LogP contribution >= 0.6 is 0 Å². The van der Waals surface area contributed by atoms with Gasteiger partial charge in [0.1, 0.15) is 12.3 Å². The molecular formula is C12H19N2O+. The molecule has 1 aromatic rings. The number of aliphatic hydroxyl groups is 1. The molecule has 1 aliphatic heterocycles. The number of quaternary nitrogens is 1. The average Bonchev–Trinajstić information content (AvgIpc) is 2.63. The number of aliphatic hydroxyl groups excluding tert-OH is 1. The third kappa shape index (κ3) is 1.34. The Labute approximate surface area is 90.9 Å². The van der Waals surface area contributed by atoms with E-state index in [1.807, 2.05) is 6.07 Å². The lowest BCUT2D eigenvalue weighted by molar-refractivity contribution is 0.163. The maximum atomic E-state index is 9.46. The molecule has 0 amide bonds. The Balaban J connectivity index is 2.50. The van der Waals surface area contributed by atoms with Crippen LogP contribution in [0, 0.1) is 0 Å². The topological polar surface area (TPSA) is 32.3 Å². The summed E-state index contributed by atoms with van der Waals surface area (Å²) < 4.78 is 0.840. The van der Waals surface area contributed by atoms with E-state index >= 15 is 0 Å². The average molecular weight is 207 g/mol. The Hall–Kier alpha value is -1.06. The first-order valence-corrected chi connectivity index (χ1v) is 5.62. The fraction of sp³-hybridized carbons (Fsp3) is 0.500. The van der Waals surface area contributed by atoms with Gasteiger partial charge in [0.2, 0.25) is 0 Å². The van der Waals surface area contributed by atoms with Crippen molar-refractivity contribution in [2.45, 2.75) is 20.0 Å². The highest BCUT2D eigenvalue weighted by atomic mass is 16.3. The van der Waals surface area contributed by atoms with E-state index < -0.39 is 0 Å². The smallest absolute Gasteiger partial charge is 0.190 e. The predicted molar refractivity (Wildman–Crippen MR) is 63.8 cm³/mol. The zero-order chi connectivity index (χ0) is 10.9. The number of nitrogens with one attached hydrogen (secondary N) is 1. The van der Waals surface area contributed by atoms with Gasteiger partial charge in [0.25, 0.3) is 0 Å². The molecule has 0 saturated carbocycles. The summed E-state index contributed by atoms with van der Waals surface area (Å²) in [5.41, 5.74) is 2.47. The minimum Gasteiger partial charge on any atom is -0.388 e. The fourth-order valence-electron chi connectivity index (χ4n) is 2.66. The molecule has 0 spiro atoms. The largest absolute Gasteiger partial charge is 0.388 e. The molecule has 82 valence electrons. The van der Waals surface area contributed by atoms with Crippen LogP contribution in [0.4, 0.5) is 11.4 Å². The van der Waals surface area contributed by atoms with Crippen molar-refractivity contribution >= 4 is 11.4 Å². The molecule has 0 fully saturated rings. The minimum absolute atomic E-state index is 0.109. The molecule has 1 atom stereocenters. The van der Waals surface area contributed by atoms with Crippen molar-refractivity contribution in [2.75, 3.05) is 25.0 Å². The van der Waals surface area contributed by atoms with E-state index in [1.165, 1.54) is 11.4 Å². The molecule has 3 heteroatoms. The van der Waals surface area contributed by atoms with Crippen LogP contribution in [0.25, 0.3) is 0 Å². The Morgan fingerprint density at radius 3 is 2.53 bits per heavy atom. The Kier molecular flexibility index (Phi) is 2.67. The molecule has 1 heterocycles. The monoisotopic (exact) mass is 207 g/mol. The zero-order valence-corrected chi connectivity index (χ0v) is 9.40. The summed E-state index contributed by atoms with van der Waals surface area (Å²) in [5.74, 6) is 0. The van der Waals surface area contributed by atoms with Crippen LogP contribution in [-0.4, -0.2) is 31.0 Å². The van der Waals surface area contributed by atoms with Crippen molar-refractivity contribution in [3.05, 3.63) is 24.3 Å². The summed E-state index contributed by atoms with van der Waals surface area (Å²) >= 11 is 0. The lowest BCUT2D eigenvalue weighted by Gasteiger charge is -2.36. The number of anilines is 1. The summed E-state index contributed by atoms with van der Waals surface area (Å²) in [6.07, 6.45) is 0.109. The van der Waals surface area contributed by atoms with Gasteiger partial charge in [-0.15, -0.1) is 0 Å². The maximum Gasteiger partial charge on any atom is 0.190 e. The number of hydrogen-bond acceptors (Lipinski definition) is 2. The number of fused-ring (bicyclic) bond motifs is 1. The van der Waals surface area contributed by atoms with Gasteiger partial charge in [-0.2, -0.15) is 0 Å². The van der Waals surface area contributed by atoms with Crippen LogP contribution in [0.15, 0.2) is 24.3 Å². The van der Waals surface area contributed by atoms with E-state index in [-0.39, 0.29) is 12.8 Å². The maximum absolute atomic E-state index is 9.46. The number of likely N-dealkylation sites (N-methyl/N-ethyl adjacent to an activating group) is 1. The first-order chi connectivity index (χ1) is 7.28. The third-order valence-electron chi connectivity index (χ3n) is 3.60. The lowest BCUT2D eigenvalue weighted by atomic mass is 10.2. The van der Waals surface area contributed by atoms with Gasteiger partial charge in [0, 0.05) is 6.07 Å². The lowest BCUT2D eigenvalue weighted by Crippen LogP contribution is -2.57. The number of benzene rings is 1. The van der Waals surface area contributed by atoms with E-state index in [0.717, 1.165) is 17.6 Å². The van der Waals surface area contributed by atoms with E-state index in [4.69, 9.17) is 0 Å². The highest BCUT2D eigenvalue weighted by Crippen LogP contribution is 2.40. The number of para-hydroxylation sites is 2. The second-order valence-corrected chi connectivity index (χ2v) is 4.03. The van der Waals surface area contributed by atoms with E-state index in [2.05, 4.69) is 37.4 Å². The van der Waals surface area contributed by atoms with Crippen molar-refractivity contribution in [3.63, 3.8) is 0 Å². The summed E-state index contributed by atoms with van der Waals surface area (Å²) in [6, 6.07) is 8.35. The van der Waals surface area contributed by atoms with Crippen molar-refractivity contribution < 1.29 is 5.11 Å². The minimum atomic E-state index is 0.109. The van der Waals surface area contributed by atoms with Gasteiger partial charge in [-0.1, -0.05) is 12.1 Å². The second kappa shape index (κ2) is 3.83. The molecule has 0 aromatic heterocycles. The van der Waals surface area contributed by atoms with Crippen LogP contribution in [0.3, 0.4) is 0 Å².